The number of oxime groups is 1. The summed E-state index contributed by atoms with van der Waals surface area (Å²) < 4.78 is 19.0. The van der Waals surface area contributed by atoms with E-state index in [9.17, 15) is 4.39 Å². The molecule has 0 saturated carbocycles. The molecule has 0 spiro atoms. The van der Waals surface area contributed by atoms with E-state index in [4.69, 9.17) is 9.57 Å². The molecule has 1 saturated heterocycles. The highest BCUT2D eigenvalue weighted by atomic mass is 32.1. The first-order valence-electron chi connectivity index (χ1n) is 10.5. The van der Waals surface area contributed by atoms with E-state index >= 15 is 0 Å². The van der Waals surface area contributed by atoms with Crippen molar-refractivity contribution in [2.75, 3.05) is 45.9 Å². The molecule has 30 heavy (non-hydrogen) atoms. The summed E-state index contributed by atoms with van der Waals surface area (Å²) in [7, 11) is 0. The summed E-state index contributed by atoms with van der Waals surface area (Å²) in [6.07, 6.45) is 2.21. The first kappa shape index (κ1) is 19.7. The monoisotopic (exact) mass is 427 g/mol. The molecule has 3 aliphatic heterocycles. The molecule has 0 amide bonds. The van der Waals surface area contributed by atoms with Crippen molar-refractivity contribution >= 4 is 23.1 Å². The van der Waals surface area contributed by atoms with Crippen LogP contribution in [-0.4, -0.2) is 67.5 Å². The van der Waals surface area contributed by atoms with E-state index in [1.165, 1.54) is 17.7 Å². The minimum Gasteiger partial charge on any atom is -0.491 e. The molecule has 2 aromatic rings. The number of hydrogen-bond donors (Lipinski definition) is 0. The third kappa shape index (κ3) is 4.15. The van der Waals surface area contributed by atoms with Gasteiger partial charge >= 0.3 is 0 Å². The zero-order chi connectivity index (χ0) is 20.5. The van der Waals surface area contributed by atoms with Gasteiger partial charge in [-0.3, -0.25) is 9.80 Å². The topological polar surface area (TPSA) is 37.3 Å². The Hall–Kier alpha value is -2.22. The first-order valence-corrected chi connectivity index (χ1v) is 11.4. The fourth-order valence-electron chi connectivity index (χ4n) is 4.40. The van der Waals surface area contributed by atoms with Crippen LogP contribution < -0.4 is 4.74 Å². The van der Waals surface area contributed by atoms with Gasteiger partial charge in [0, 0.05) is 39.3 Å². The maximum Gasteiger partial charge on any atom is 0.151 e. The van der Waals surface area contributed by atoms with Gasteiger partial charge in [-0.05, 0) is 36.1 Å². The Bertz CT molecular complexity index is 948. The molecule has 1 fully saturated rings. The van der Waals surface area contributed by atoms with E-state index in [0.29, 0.717) is 6.61 Å². The van der Waals surface area contributed by atoms with Gasteiger partial charge in [-0.15, -0.1) is 11.3 Å². The number of ether oxygens (including phenoxy) is 1. The lowest BCUT2D eigenvalue weighted by molar-refractivity contribution is 0.0101. The molecule has 0 radical (unpaired) electrons. The van der Waals surface area contributed by atoms with E-state index in [2.05, 4.69) is 33.3 Å². The van der Waals surface area contributed by atoms with Crippen LogP contribution in [0.1, 0.15) is 17.4 Å². The number of fused-ring (bicyclic) bond motifs is 3. The Morgan fingerprint density at radius 1 is 1.17 bits per heavy atom. The Morgan fingerprint density at radius 3 is 2.73 bits per heavy atom. The Morgan fingerprint density at radius 2 is 1.93 bits per heavy atom. The first-order chi connectivity index (χ1) is 14.7. The second-order valence-electron chi connectivity index (χ2n) is 8.27. The van der Waals surface area contributed by atoms with E-state index < -0.39 is 0 Å². The second kappa shape index (κ2) is 8.49. The van der Waals surface area contributed by atoms with E-state index in [1.807, 2.05) is 18.2 Å². The van der Waals surface area contributed by atoms with Gasteiger partial charge in [-0.1, -0.05) is 28.9 Å². The number of hydrogen-bond acceptors (Lipinski definition) is 6. The van der Waals surface area contributed by atoms with Crippen LogP contribution in [0, 0.1) is 11.7 Å². The highest BCUT2D eigenvalue weighted by Crippen LogP contribution is 2.37. The normalized spacial score (nSPS) is 24.6. The number of halogens is 1. The molecule has 2 unspecified atom stereocenters. The van der Waals surface area contributed by atoms with Gasteiger partial charge in [0.05, 0.1) is 10.8 Å². The Kier molecular flexibility index (Phi) is 5.58. The molecule has 1 aromatic carbocycles. The predicted molar refractivity (Wildman–Crippen MR) is 118 cm³/mol. The minimum absolute atomic E-state index is 0.0712. The third-order valence-corrected chi connectivity index (χ3v) is 6.94. The number of benzene rings is 1. The quantitative estimate of drug-likeness (QED) is 0.729. The van der Waals surface area contributed by atoms with E-state index in [-0.39, 0.29) is 17.8 Å². The van der Waals surface area contributed by atoms with Crippen LogP contribution in [0.3, 0.4) is 0 Å². The molecule has 4 heterocycles. The molecule has 158 valence electrons. The van der Waals surface area contributed by atoms with Crippen molar-refractivity contribution in [3.8, 4) is 5.75 Å². The van der Waals surface area contributed by atoms with E-state index in [0.717, 1.165) is 61.2 Å². The molecule has 2 atom stereocenters. The molecule has 5 nitrogen and oxygen atoms in total. The predicted octanol–water partition coefficient (Wildman–Crippen LogP) is 3.72. The maximum absolute atomic E-state index is 13.1. The second-order valence-corrected chi connectivity index (χ2v) is 9.19. The number of rotatable bonds is 5. The number of thiophene rings is 1. The molecule has 0 N–H and O–H groups in total. The Labute approximate surface area is 180 Å². The highest BCUT2D eigenvalue weighted by Gasteiger charge is 2.41. The van der Waals surface area contributed by atoms with Gasteiger partial charge < -0.3 is 9.57 Å². The van der Waals surface area contributed by atoms with Crippen LogP contribution >= 0.6 is 11.3 Å². The summed E-state index contributed by atoms with van der Waals surface area (Å²) in [4.78, 5) is 11.9. The van der Waals surface area contributed by atoms with Gasteiger partial charge in [0.15, 0.2) is 6.10 Å². The number of piperazine rings is 1. The van der Waals surface area contributed by atoms with Crippen LogP contribution in [0.4, 0.5) is 4.39 Å². The molecule has 3 aliphatic rings. The van der Waals surface area contributed by atoms with Gasteiger partial charge in [0.25, 0.3) is 0 Å². The largest absolute Gasteiger partial charge is 0.491 e. The number of nitrogens with zero attached hydrogens (tertiary/aromatic N) is 3. The SMILES string of the molecule is CC(=Cc1ccc(F)cc1)CN1CCN(CC2ON=C3c4sccc4OCC32)CC1. The van der Waals surface area contributed by atoms with E-state index in [1.54, 1.807) is 11.3 Å². The molecule has 0 bridgehead atoms. The van der Waals surface area contributed by atoms with Crippen molar-refractivity contribution in [2.45, 2.75) is 13.0 Å². The highest BCUT2D eigenvalue weighted by molar-refractivity contribution is 7.12. The zero-order valence-corrected chi connectivity index (χ0v) is 17.9. The summed E-state index contributed by atoms with van der Waals surface area (Å²) in [5.41, 5.74) is 3.40. The lowest BCUT2D eigenvalue weighted by atomic mass is 9.94. The van der Waals surface area contributed by atoms with Gasteiger partial charge in [0.2, 0.25) is 0 Å². The molecular formula is C23H26FN3O2S. The molecule has 1 aromatic heterocycles. The molecule has 7 heteroatoms. The summed E-state index contributed by atoms with van der Waals surface area (Å²) in [6.45, 7) is 8.74. The van der Waals surface area contributed by atoms with Crippen molar-refractivity contribution in [1.29, 1.82) is 0 Å². The van der Waals surface area contributed by atoms with Crippen LogP contribution in [-0.2, 0) is 4.84 Å². The smallest absolute Gasteiger partial charge is 0.151 e. The molecular weight excluding hydrogens is 401 g/mol. The average molecular weight is 428 g/mol. The van der Waals surface area contributed by atoms with Gasteiger partial charge in [-0.25, -0.2) is 4.39 Å². The van der Waals surface area contributed by atoms with Crippen LogP contribution in [0.25, 0.3) is 6.08 Å². The van der Waals surface area contributed by atoms with Crippen LogP contribution in [0.2, 0.25) is 0 Å². The van der Waals surface area contributed by atoms with Crippen LogP contribution in [0.5, 0.6) is 5.75 Å². The van der Waals surface area contributed by atoms with Crippen molar-refractivity contribution in [2.24, 2.45) is 11.1 Å². The lowest BCUT2D eigenvalue weighted by Gasteiger charge is -2.36. The standard InChI is InChI=1S/C23H26FN3O2S/c1-16(12-17-2-4-18(24)5-3-17)13-26-7-9-27(10-8-26)14-21-19-15-28-20-6-11-30-23(20)22(19)25-29-21/h2-6,11-12,19,21H,7-10,13-15H2,1H3. The van der Waals surface area contributed by atoms with Crippen LogP contribution in [0.15, 0.2) is 46.4 Å². The van der Waals surface area contributed by atoms with Crippen molar-refractivity contribution in [3.05, 3.63) is 57.5 Å². The zero-order valence-electron chi connectivity index (χ0n) is 17.1. The van der Waals surface area contributed by atoms with Crippen molar-refractivity contribution < 1.29 is 14.0 Å². The average Bonchev–Trinajstić information content (AvgIpc) is 3.38. The van der Waals surface area contributed by atoms with Gasteiger partial charge in [0.1, 0.15) is 23.9 Å². The summed E-state index contributed by atoms with van der Waals surface area (Å²) >= 11 is 1.68. The molecule has 0 aliphatic carbocycles. The summed E-state index contributed by atoms with van der Waals surface area (Å²) in [5.74, 6) is 0.979. The Balaban J connectivity index is 1.11. The maximum atomic E-state index is 13.1. The molecule has 5 rings (SSSR count). The summed E-state index contributed by atoms with van der Waals surface area (Å²) in [5, 5.41) is 6.45. The lowest BCUT2D eigenvalue weighted by Crippen LogP contribution is -2.50. The third-order valence-electron chi connectivity index (χ3n) is 6.03. The summed E-state index contributed by atoms with van der Waals surface area (Å²) in [6, 6.07) is 8.67. The van der Waals surface area contributed by atoms with Crippen molar-refractivity contribution in [3.63, 3.8) is 0 Å². The minimum atomic E-state index is -0.194. The van der Waals surface area contributed by atoms with Crippen molar-refractivity contribution in [1.82, 2.24) is 9.80 Å². The fourth-order valence-corrected chi connectivity index (χ4v) is 5.28. The van der Waals surface area contributed by atoms with Gasteiger partial charge in [-0.2, -0.15) is 0 Å². The fraction of sp³-hybridized carbons (Fsp3) is 0.435.